The molecular weight excluding hydrogens is 703 g/mol. The zero-order chi connectivity index (χ0) is 38.4. The third-order valence-corrected chi connectivity index (χ3v) is 11.3. The Morgan fingerprint density at radius 1 is 0.207 bits per heavy atom. The number of hydrogen-bond donors (Lipinski definition) is 0. The summed E-state index contributed by atoms with van der Waals surface area (Å²) in [6, 6.07) is 75.3. The van der Waals surface area contributed by atoms with E-state index in [1.165, 1.54) is 59.8 Å². The summed E-state index contributed by atoms with van der Waals surface area (Å²) in [7, 11) is 0. The van der Waals surface area contributed by atoms with Crippen molar-refractivity contribution in [3.8, 4) is 67.5 Å². The Labute approximate surface area is 336 Å². The van der Waals surface area contributed by atoms with Gasteiger partial charge in [0.1, 0.15) is 0 Å². The summed E-state index contributed by atoms with van der Waals surface area (Å²) in [4.78, 5) is 14.9. The highest BCUT2D eigenvalue weighted by Crippen LogP contribution is 2.43. The molecule has 3 heteroatoms. The van der Waals surface area contributed by atoms with E-state index in [2.05, 4.69) is 176 Å². The molecule has 11 rings (SSSR count). The molecule has 0 spiro atoms. The molecule has 0 amide bonds. The molecule has 0 atom stereocenters. The van der Waals surface area contributed by atoms with Crippen LogP contribution in [-0.4, -0.2) is 15.0 Å². The zero-order valence-electron chi connectivity index (χ0n) is 31.5. The van der Waals surface area contributed by atoms with Crippen LogP contribution in [0.25, 0.3) is 111 Å². The molecular formula is C55H35N3. The van der Waals surface area contributed by atoms with Gasteiger partial charge in [0.25, 0.3) is 0 Å². The van der Waals surface area contributed by atoms with Crippen LogP contribution in [-0.2, 0) is 0 Å². The van der Waals surface area contributed by atoms with Crippen LogP contribution in [0, 0.1) is 0 Å². The lowest BCUT2D eigenvalue weighted by Crippen LogP contribution is -2.00. The second kappa shape index (κ2) is 14.1. The van der Waals surface area contributed by atoms with E-state index in [1.54, 1.807) is 0 Å². The van der Waals surface area contributed by atoms with Crippen LogP contribution in [0.2, 0.25) is 0 Å². The van der Waals surface area contributed by atoms with Crippen molar-refractivity contribution < 1.29 is 0 Å². The summed E-state index contributed by atoms with van der Waals surface area (Å²) in [5, 5.41) is 10.3. The molecule has 0 saturated heterocycles. The summed E-state index contributed by atoms with van der Waals surface area (Å²) in [6.07, 6.45) is 0. The average Bonchev–Trinajstić information content (AvgIpc) is 3.32. The molecule has 3 nitrogen and oxygen atoms in total. The smallest absolute Gasteiger partial charge is 0.164 e. The highest BCUT2D eigenvalue weighted by atomic mass is 15.0. The number of fused-ring (bicyclic) bond motifs is 8. The van der Waals surface area contributed by atoms with Gasteiger partial charge in [-0.15, -0.1) is 0 Å². The van der Waals surface area contributed by atoms with Crippen LogP contribution in [0.4, 0.5) is 0 Å². The van der Waals surface area contributed by atoms with Crippen molar-refractivity contribution in [2.24, 2.45) is 0 Å². The summed E-state index contributed by atoms with van der Waals surface area (Å²) < 4.78 is 0. The summed E-state index contributed by atoms with van der Waals surface area (Å²) >= 11 is 0. The van der Waals surface area contributed by atoms with E-state index in [0.29, 0.717) is 17.5 Å². The minimum absolute atomic E-state index is 0.640. The summed E-state index contributed by atoms with van der Waals surface area (Å²) in [5.41, 5.74) is 9.86. The van der Waals surface area contributed by atoms with Gasteiger partial charge in [-0.05, 0) is 82.5 Å². The van der Waals surface area contributed by atoms with E-state index in [9.17, 15) is 0 Å². The maximum absolute atomic E-state index is 5.01. The van der Waals surface area contributed by atoms with Crippen LogP contribution >= 0.6 is 0 Å². The summed E-state index contributed by atoms with van der Waals surface area (Å²) in [6.45, 7) is 0. The minimum Gasteiger partial charge on any atom is -0.208 e. The second-order valence-corrected chi connectivity index (χ2v) is 14.8. The first kappa shape index (κ1) is 33.6. The lowest BCUT2D eigenvalue weighted by molar-refractivity contribution is 1.07. The number of hydrogen-bond acceptors (Lipinski definition) is 3. The van der Waals surface area contributed by atoms with Crippen LogP contribution in [0.15, 0.2) is 212 Å². The maximum atomic E-state index is 5.01. The molecule has 0 aliphatic carbocycles. The van der Waals surface area contributed by atoms with Crippen LogP contribution < -0.4 is 0 Å². The van der Waals surface area contributed by atoms with Gasteiger partial charge in [0, 0.05) is 16.7 Å². The molecule has 11 aromatic rings. The maximum Gasteiger partial charge on any atom is 0.164 e. The fourth-order valence-corrected chi connectivity index (χ4v) is 8.45. The fraction of sp³-hybridized carbons (Fsp3) is 0. The van der Waals surface area contributed by atoms with Crippen molar-refractivity contribution in [3.05, 3.63) is 212 Å². The normalized spacial score (nSPS) is 11.4. The quantitative estimate of drug-likeness (QED) is 0.160. The second-order valence-electron chi connectivity index (χ2n) is 14.8. The third-order valence-electron chi connectivity index (χ3n) is 11.3. The van der Waals surface area contributed by atoms with Gasteiger partial charge >= 0.3 is 0 Å². The van der Waals surface area contributed by atoms with E-state index >= 15 is 0 Å². The van der Waals surface area contributed by atoms with E-state index in [4.69, 9.17) is 15.0 Å². The van der Waals surface area contributed by atoms with Crippen LogP contribution in [0.5, 0.6) is 0 Å². The number of benzene rings is 10. The zero-order valence-corrected chi connectivity index (χ0v) is 31.5. The van der Waals surface area contributed by atoms with Crippen molar-refractivity contribution in [2.75, 3.05) is 0 Å². The Balaban J connectivity index is 0.952. The van der Waals surface area contributed by atoms with Crippen LogP contribution in [0.1, 0.15) is 0 Å². The minimum atomic E-state index is 0.640. The van der Waals surface area contributed by atoms with E-state index < -0.39 is 0 Å². The summed E-state index contributed by atoms with van der Waals surface area (Å²) in [5.74, 6) is 1.93. The Morgan fingerprint density at radius 3 is 0.983 bits per heavy atom. The number of aromatic nitrogens is 3. The molecule has 0 radical (unpaired) electrons. The van der Waals surface area contributed by atoms with E-state index in [1.807, 2.05) is 36.4 Å². The molecule has 0 aliphatic heterocycles. The van der Waals surface area contributed by atoms with Gasteiger partial charge in [0.15, 0.2) is 17.5 Å². The molecule has 0 aliphatic rings. The van der Waals surface area contributed by atoms with Crippen molar-refractivity contribution >= 4 is 43.1 Å². The first-order valence-electron chi connectivity index (χ1n) is 19.7. The number of nitrogens with zero attached hydrogens (tertiary/aromatic N) is 3. The Morgan fingerprint density at radius 2 is 0.500 bits per heavy atom. The van der Waals surface area contributed by atoms with Crippen molar-refractivity contribution in [1.29, 1.82) is 0 Å². The average molecular weight is 738 g/mol. The van der Waals surface area contributed by atoms with Gasteiger partial charge in [0.05, 0.1) is 0 Å². The monoisotopic (exact) mass is 737 g/mol. The SMILES string of the molecule is c1ccc(-c2ccc(-c3nc(-c4ccccc4)nc(-c4ccc(-c5ccc(-c6cc7c8ccccc8c8ccccc8c7c7ccccc67)cc5)cc4)n3)cc2)cc1. The lowest BCUT2D eigenvalue weighted by atomic mass is 9.87. The van der Waals surface area contributed by atoms with Gasteiger partial charge in [-0.25, -0.2) is 15.0 Å². The molecule has 0 bridgehead atoms. The molecule has 0 N–H and O–H groups in total. The third kappa shape index (κ3) is 5.89. The molecule has 58 heavy (non-hydrogen) atoms. The highest BCUT2D eigenvalue weighted by molar-refractivity contribution is 6.33. The van der Waals surface area contributed by atoms with Gasteiger partial charge in [-0.1, -0.05) is 206 Å². The Bertz CT molecular complexity index is 3280. The molecule has 10 aromatic carbocycles. The fourth-order valence-electron chi connectivity index (χ4n) is 8.45. The van der Waals surface area contributed by atoms with Gasteiger partial charge in [0.2, 0.25) is 0 Å². The van der Waals surface area contributed by atoms with Gasteiger partial charge in [-0.2, -0.15) is 0 Å². The van der Waals surface area contributed by atoms with Crippen LogP contribution in [0.3, 0.4) is 0 Å². The predicted octanol–water partition coefficient (Wildman–Crippen LogP) is 14.5. The molecule has 0 unspecified atom stereocenters. The molecule has 0 fully saturated rings. The van der Waals surface area contributed by atoms with Gasteiger partial charge < -0.3 is 0 Å². The Kier molecular flexibility index (Phi) is 8.15. The lowest BCUT2D eigenvalue weighted by Gasteiger charge is -2.16. The van der Waals surface area contributed by atoms with E-state index in [-0.39, 0.29) is 0 Å². The molecule has 1 heterocycles. The van der Waals surface area contributed by atoms with Crippen molar-refractivity contribution in [2.45, 2.75) is 0 Å². The van der Waals surface area contributed by atoms with E-state index in [0.717, 1.165) is 33.4 Å². The highest BCUT2D eigenvalue weighted by Gasteiger charge is 2.16. The largest absolute Gasteiger partial charge is 0.208 e. The first-order valence-corrected chi connectivity index (χ1v) is 19.7. The van der Waals surface area contributed by atoms with Crippen molar-refractivity contribution in [3.63, 3.8) is 0 Å². The van der Waals surface area contributed by atoms with Gasteiger partial charge in [-0.3, -0.25) is 0 Å². The molecule has 0 saturated carbocycles. The standard InChI is InChI=1S/C55H35N3/c1-3-13-36(14-4-1)37-25-31-42(32-26-37)54-56-53(41-15-5-2-6-16-41)57-55(58-54)43-33-27-39(28-34-43)38-23-29-40(30-24-38)50-35-51-46-19-8-7-17-44(46)45-18-9-11-21-48(45)52(51)49-22-12-10-20-47(49)50/h1-35H. The molecule has 1 aromatic heterocycles. The number of rotatable bonds is 6. The molecule has 270 valence electrons. The Hall–Kier alpha value is -7.75. The van der Waals surface area contributed by atoms with Crippen molar-refractivity contribution in [1.82, 2.24) is 15.0 Å². The first-order chi connectivity index (χ1) is 28.7. The topological polar surface area (TPSA) is 38.7 Å². The predicted molar refractivity (Wildman–Crippen MR) is 242 cm³/mol.